The number of benzene rings is 1. The third kappa shape index (κ3) is 4.76. The molecule has 1 amide bonds. The van der Waals surface area contributed by atoms with Gasteiger partial charge in [-0.3, -0.25) is 24.0 Å². The number of hydrogen-bond donors (Lipinski definition) is 3. The van der Waals surface area contributed by atoms with Crippen LogP contribution in [-0.2, 0) is 11.3 Å². The van der Waals surface area contributed by atoms with Crippen molar-refractivity contribution < 1.29 is 9.69 Å². The third-order valence-electron chi connectivity index (χ3n) is 5.67. The fourth-order valence-electron chi connectivity index (χ4n) is 3.88. The molecule has 156 valence electrons. The van der Waals surface area contributed by atoms with Crippen molar-refractivity contribution in [2.45, 2.75) is 33.2 Å². The third-order valence-corrected chi connectivity index (χ3v) is 5.67. The number of hydrogen-bond acceptors (Lipinski definition) is 4. The second-order valence-electron chi connectivity index (χ2n) is 7.81. The summed E-state index contributed by atoms with van der Waals surface area (Å²) in [5.41, 5.74) is 5.96. The number of rotatable bonds is 6. The number of carbonyl (C=O) groups is 1. The number of anilines is 2. The molecule has 1 fully saturated rings. The average molecular weight is 401 g/mol. The molecule has 1 aromatic heterocycles. The minimum absolute atomic E-state index is 0.0140. The monoisotopic (exact) mass is 400 g/mol. The predicted molar refractivity (Wildman–Crippen MR) is 113 cm³/mol. The number of aromatic amines is 1. The first-order chi connectivity index (χ1) is 13.9. The fraction of sp³-hybridized carbons (Fsp3) is 0.476. The van der Waals surface area contributed by atoms with Crippen LogP contribution < -0.4 is 26.8 Å². The van der Waals surface area contributed by atoms with Gasteiger partial charge in [-0.1, -0.05) is 37.3 Å². The van der Waals surface area contributed by atoms with E-state index in [1.54, 1.807) is 6.92 Å². The molecule has 0 atom stereocenters. The molecule has 29 heavy (non-hydrogen) atoms. The summed E-state index contributed by atoms with van der Waals surface area (Å²) in [6.07, 6.45) is 2.19. The molecule has 4 N–H and O–H groups in total. The van der Waals surface area contributed by atoms with Gasteiger partial charge in [0.25, 0.3) is 11.5 Å². The Morgan fingerprint density at radius 1 is 1.24 bits per heavy atom. The first-order valence-electron chi connectivity index (χ1n) is 10.2. The molecule has 3 rings (SSSR count). The summed E-state index contributed by atoms with van der Waals surface area (Å²) >= 11 is 0. The number of carbonyl (C=O) groups excluding carboxylic acids is 1. The van der Waals surface area contributed by atoms with Crippen LogP contribution >= 0.6 is 0 Å². The second kappa shape index (κ2) is 9.09. The molecule has 0 unspecified atom stereocenters. The van der Waals surface area contributed by atoms with Gasteiger partial charge in [0.05, 0.1) is 19.6 Å². The number of likely N-dealkylation sites (tertiary alicyclic amines) is 1. The van der Waals surface area contributed by atoms with Crippen LogP contribution in [0.5, 0.6) is 0 Å². The van der Waals surface area contributed by atoms with E-state index in [0.29, 0.717) is 19.0 Å². The molecule has 8 nitrogen and oxygen atoms in total. The summed E-state index contributed by atoms with van der Waals surface area (Å²) in [6.45, 7) is 6.77. The topological polar surface area (TPSA) is 106 Å². The van der Waals surface area contributed by atoms with Gasteiger partial charge in [0.15, 0.2) is 12.2 Å². The highest BCUT2D eigenvalue weighted by atomic mass is 16.2. The number of H-pyrrole nitrogens is 1. The fourth-order valence-corrected chi connectivity index (χ4v) is 3.88. The van der Waals surface area contributed by atoms with Crippen LogP contribution in [0.25, 0.3) is 0 Å². The SMILES string of the molecule is CCN(C(=O)C[NH+]1CCC(C)CC1)c1c(N)n(Cc2ccccc2)c(=O)[nH]c1=O. The minimum Gasteiger partial charge on any atom is -0.383 e. The highest BCUT2D eigenvalue weighted by molar-refractivity contribution is 5.96. The van der Waals surface area contributed by atoms with Crippen molar-refractivity contribution in [1.29, 1.82) is 0 Å². The Balaban J connectivity index is 1.89. The summed E-state index contributed by atoms with van der Waals surface area (Å²) in [5.74, 6) is 0.551. The van der Waals surface area contributed by atoms with Crippen LogP contribution in [-0.4, -0.2) is 41.6 Å². The van der Waals surface area contributed by atoms with E-state index in [4.69, 9.17) is 5.73 Å². The number of likely N-dealkylation sites (N-methyl/N-ethyl adjacent to an activating group) is 1. The van der Waals surface area contributed by atoms with E-state index in [1.165, 1.54) is 14.4 Å². The van der Waals surface area contributed by atoms with Gasteiger partial charge in [-0.05, 0) is 31.2 Å². The van der Waals surface area contributed by atoms with E-state index in [2.05, 4.69) is 11.9 Å². The number of amides is 1. The van der Waals surface area contributed by atoms with Gasteiger partial charge in [0.1, 0.15) is 5.82 Å². The zero-order valence-corrected chi connectivity index (χ0v) is 17.1. The zero-order valence-electron chi connectivity index (χ0n) is 17.1. The lowest BCUT2D eigenvalue weighted by molar-refractivity contribution is -0.898. The van der Waals surface area contributed by atoms with E-state index in [0.717, 1.165) is 31.5 Å². The Labute approximate surface area is 169 Å². The molecule has 8 heteroatoms. The molecule has 0 saturated carbocycles. The van der Waals surface area contributed by atoms with E-state index in [-0.39, 0.29) is 24.0 Å². The van der Waals surface area contributed by atoms with Gasteiger partial charge >= 0.3 is 5.69 Å². The second-order valence-corrected chi connectivity index (χ2v) is 7.81. The van der Waals surface area contributed by atoms with Crippen molar-refractivity contribution >= 4 is 17.4 Å². The van der Waals surface area contributed by atoms with Crippen molar-refractivity contribution in [3.8, 4) is 0 Å². The lowest BCUT2D eigenvalue weighted by atomic mass is 9.99. The smallest absolute Gasteiger partial charge is 0.330 e. The van der Waals surface area contributed by atoms with Gasteiger partial charge in [0, 0.05) is 6.54 Å². The highest BCUT2D eigenvalue weighted by Crippen LogP contribution is 2.17. The van der Waals surface area contributed by atoms with Crippen LogP contribution in [0.3, 0.4) is 0 Å². The van der Waals surface area contributed by atoms with Gasteiger partial charge < -0.3 is 10.6 Å². The maximum atomic E-state index is 13.0. The van der Waals surface area contributed by atoms with Gasteiger partial charge in [-0.15, -0.1) is 0 Å². The minimum atomic E-state index is -0.630. The van der Waals surface area contributed by atoms with Crippen LogP contribution in [0.15, 0.2) is 39.9 Å². The first kappa shape index (κ1) is 20.9. The summed E-state index contributed by atoms with van der Waals surface area (Å²) in [4.78, 5) is 42.9. The van der Waals surface area contributed by atoms with Crippen molar-refractivity contribution in [3.63, 3.8) is 0 Å². The number of nitrogens with zero attached hydrogens (tertiary/aromatic N) is 2. The number of nitrogen functional groups attached to an aromatic ring is 1. The van der Waals surface area contributed by atoms with E-state index in [1.807, 2.05) is 30.3 Å². The molecule has 1 aliphatic heterocycles. The summed E-state index contributed by atoms with van der Waals surface area (Å²) in [6, 6.07) is 9.37. The lowest BCUT2D eigenvalue weighted by Crippen LogP contribution is -3.14. The Morgan fingerprint density at radius 2 is 1.90 bits per heavy atom. The maximum Gasteiger partial charge on any atom is 0.330 e. The standard InChI is InChI=1S/C21H29N5O3/c1-3-25(17(27)14-24-11-9-15(2)10-12-24)18-19(22)26(21(29)23-20(18)28)13-16-7-5-4-6-8-16/h4-8,15H,3,9-14,22H2,1-2H3,(H,23,28,29)/p+1. The number of quaternary nitrogens is 1. The molecule has 0 aliphatic carbocycles. The number of piperidine rings is 1. The molecule has 2 aromatic rings. The van der Waals surface area contributed by atoms with Gasteiger partial charge in [0.2, 0.25) is 0 Å². The maximum absolute atomic E-state index is 13.0. The Morgan fingerprint density at radius 3 is 2.52 bits per heavy atom. The Hall–Kier alpha value is -2.87. The lowest BCUT2D eigenvalue weighted by Gasteiger charge is -2.29. The molecule has 0 radical (unpaired) electrons. The van der Waals surface area contributed by atoms with E-state index in [9.17, 15) is 14.4 Å². The van der Waals surface area contributed by atoms with Crippen LogP contribution in [0.2, 0.25) is 0 Å². The quantitative estimate of drug-likeness (QED) is 0.626. The summed E-state index contributed by atoms with van der Waals surface area (Å²) in [5, 5.41) is 0. The Kier molecular flexibility index (Phi) is 6.53. The van der Waals surface area contributed by atoms with Gasteiger partial charge in [-0.25, -0.2) is 4.79 Å². The first-order valence-corrected chi connectivity index (χ1v) is 10.2. The molecule has 1 saturated heterocycles. The molecule has 0 spiro atoms. The van der Waals surface area contributed by atoms with Crippen LogP contribution in [0.1, 0.15) is 32.3 Å². The van der Waals surface area contributed by atoms with Crippen LogP contribution in [0, 0.1) is 5.92 Å². The van der Waals surface area contributed by atoms with Crippen molar-refractivity contribution in [1.82, 2.24) is 9.55 Å². The zero-order chi connectivity index (χ0) is 21.0. The Bertz CT molecular complexity index is 959. The normalized spacial score (nSPS) is 19.1. The molecule has 1 aliphatic rings. The average Bonchev–Trinajstić information content (AvgIpc) is 2.70. The molecule has 2 heterocycles. The summed E-state index contributed by atoms with van der Waals surface area (Å²) < 4.78 is 1.30. The van der Waals surface area contributed by atoms with Crippen molar-refractivity contribution in [2.24, 2.45) is 5.92 Å². The summed E-state index contributed by atoms with van der Waals surface area (Å²) in [7, 11) is 0. The van der Waals surface area contributed by atoms with Crippen molar-refractivity contribution in [3.05, 3.63) is 56.7 Å². The van der Waals surface area contributed by atoms with E-state index >= 15 is 0 Å². The highest BCUT2D eigenvalue weighted by Gasteiger charge is 2.28. The largest absolute Gasteiger partial charge is 0.383 e. The van der Waals surface area contributed by atoms with Crippen LogP contribution in [0.4, 0.5) is 11.5 Å². The number of nitrogens with two attached hydrogens (primary N) is 1. The molecule has 0 bridgehead atoms. The van der Waals surface area contributed by atoms with Gasteiger partial charge in [-0.2, -0.15) is 0 Å². The molecule has 1 aromatic carbocycles. The van der Waals surface area contributed by atoms with Crippen molar-refractivity contribution in [2.75, 3.05) is 36.8 Å². The molecular formula is C21H30N5O3+. The van der Waals surface area contributed by atoms with E-state index < -0.39 is 11.2 Å². The number of nitrogens with one attached hydrogen (secondary N) is 2. The number of aromatic nitrogens is 2. The predicted octanol–water partition coefficient (Wildman–Crippen LogP) is -0.165. The molecular weight excluding hydrogens is 370 g/mol.